The van der Waals surface area contributed by atoms with Gasteiger partial charge in [-0.3, -0.25) is 9.89 Å². The number of benzene rings is 1. The second kappa shape index (κ2) is 2.96. The van der Waals surface area contributed by atoms with E-state index in [0.717, 1.165) is 27.2 Å². The van der Waals surface area contributed by atoms with Crippen LogP contribution in [-0.4, -0.2) is 16.5 Å². The lowest BCUT2D eigenvalue weighted by Crippen LogP contribution is -1.79. The third-order valence-electron chi connectivity index (χ3n) is 2.01. The molecule has 1 aromatic carbocycles. The number of carbonyl (C=O) groups is 1. The van der Waals surface area contributed by atoms with Crippen LogP contribution < -0.4 is 0 Å². The Kier molecular flexibility index (Phi) is 1.92. The van der Waals surface area contributed by atoms with Gasteiger partial charge in [-0.1, -0.05) is 12.1 Å². The number of aromatic nitrogens is 2. The lowest BCUT2D eigenvalue weighted by Gasteiger charge is -1.96. The van der Waals surface area contributed by atoms with E-state index in [-0.39, 0.29) is 0 Å². The molecule has 0 fully saturated rings. The molecule has 0 aliphatic rings. The van der Waals surface area contributed by atoms with Gasteiger partial charge < -0.3 is 0 Å². The van der Waals surface area contributed by atoms with Gasteiger partial charge in [0.2, 0.25) is 0 Å². The molecule has 1 aromatic heterocycles. The zero-order valence-corrected chi connectivity index (χ0v) is 8.55. The summed E-state index contributed by atoms with van der Waals surface area (Å²) in [6, 6.07) is 3.84. The maximum atomic E-state index is 10.6. The number of rotatable bonds is 1. The highest BCUT2D eigenvalue weighted by Gasteiger charge is 2.08. The topological polar surface area (TPSA) is 45.8 Å². The monoisotopic (exact) mass is 238 g/mol. The predicted octanol–water partition coefficient (Wildman–Crippen LogP) is 2.45. The molecular weight excluding hydrogens is 232 g/mol. The Labute approximate surface area is 83.3 Å². The van der Waals surface area contributed by atoms with Gasteiger partial charge in [0.1, 0.15) is 11.2 Å². The average Bonchev–Trinajstić information content (AvgIpc) is 2.55. The average molecular weight is 239 g/mol. The number of hydrogen-bond acceptors (Lipinski definition) is 2. The SMILES string of the molecule is Cc1ccc2c(C=O)[nH]nc2c1Br. The van der Waals surface area contributed by atoms with Crippen molar-refractivity contribution in [1.29, 1.82) is 0 Å². The second-order valence-electron chi connectivity index (χ2n) is 2.85. The number of aryl methyl sites for hydroxylation is 1. The van der Waals surface area contributed by atoms with Crippen molar-refractivity contribution in [2.45, 2.75) is 6.92 Å². The maximum absolute atomic E-state index is 10.6. The second-order valence-corrected chi connectivity index (χ2v) is 3.64. The van der Waals surface area contributed by atoms with Gasteiger partial charge in [0.15, 0.2) is 6.29 Å². The fourth-order valence-electron chi connectivity index (χ4n) is 1.26. The molecule has 3 nitrogen and oxygen atoms in total. The van der Waals surface area contributed by atoms with Crippen molar-refractivity contribution in [1.82, 2.24) is 10.2 Å². The Bertz CT molecular complexity index is 476. The molecule has 0 amide bonds. The first-order valence-electron chi connectivity index (χ1n) is 3.82. The largest absolute Gasteiger partial charge is 0.296 e. The Morgan fingerprint density at radius 1 is 1.54 bits per heavy atom. The van der Waals surface area contributed by atoms with E-state index < -0.39 is 0 Å². The summed E-state index contributed by atoms with van der Waals surface area (Å²) in [5.74, 6) is 0. The van der Waals surface area contributed by atoms with Gasteiger partial charge in [-0.05, 0) is 28.4 Å². The van der Waals surface area contributed by atoms with E-state index >= 15 is 0 Å². The third kappa shape index (κ3) is 1.18. The van der Waals surface area contributed by atoms with Crippen molar-refractivity contribution >= 4 is 33.1 Å². The van der Waals surface area contributed by atoms with Crippen LogP contribution in [0.5, 0.6) is 0 Å². The summed E-state index contributed by atoms with van der Waals surface area (Å²) in [6.45, 7) is 1.98. The van der Waals surface area contributed by atoms with Crippen LogP contribution in [-0.2, 0) is 0 Å². The molecule has 0 unspecified atom stereocenters. The van der Waals surface area contributed by atoms with E-state index in [4.69, 9.17) is 0 Å². The lowest BCUT2D eigenvalue weighted by molar-refractivity contribution is 0.112. The highest BCUT2D eigenvalue weighted by atomic mass is 79.9. The number of fused-ring (bicyclic) bond motifs is 1. The van der Waals surface area contributed by atoms with E-state index in [1.54, 1.807) is 0 Å². The Hall–Kier alpha value is -1.16. The minimum atomic E-state index is 0.524. The maximum Gasteiger partial charge on any atom is 0.168 e. The number of aromatic amines is 1. The summed E-state index contributed by atoms with van der Waals surface area (Å²) in [5, 5.41) is 7.58. The van der Waals surface area contributed by atoms with Gasteiger partial charge in [-0.15, -0.1) is 0 Å². The smallest absolute Gasteiger partial charge is 0.168 e. The van der Waals surface area contributed by atoms with E-state index in [1.165, 1.54) is 0 Å². The molecule has 0 spiro atoms. The fraction of sp³-hybridized carbons (Fsp3) is 0.111. The number of hydrogen-bond donors (Lipinski definition) is 1. The number of carbonyl (C=O) groups excluding carboxylic acids is 1. The van der Waals surface area contributed by atoms with Crippen molar-refractivity contribution < 1.29 is 4.79 Å². The lowest BCUT2D eigenvalue weighted by atomic mass is 10.1. The van der Waals surface area contributed by atoms with Crippen LogP contribution in [0.3, 0.4) is 0 Å². The zero-order valence-electron chi connectivity index (χ0n) is 6.97. The van der Waals surface area contributed by atoms with Gasteiger partial charge in [0.05, 0.1) is 0 Å². The molecule has 0 bridgehead atoms. The molecule has 66 valence electrons. The number of H-pyrrole nitrogens is 1. The molecule has 0 saturated heterocycles. The van der Waals surface area contributed by atoms with Crippen LogP contribution >= 0.6 is 15.9 Å². The highest BCUT2D eigenvalue weighted by molar-refractivity contribution is 9.10. The molecule has 0 atom stereocenters. The van der Waals surface area contributed by atoms with Gasteiger partial charge in [-0.2, -0.15) is 5.10 Å². The first-order valence-corrected chi connectivity index (χ1v) is 4.61. The first-order chi connectivity index (χ1) is 6.24. The molecule has 0 saturated carbocycles. The first kappa shape index (κ1) is 8.44. The number of halogens is 1. The van der Waals surface area contributed by atoms with Crippen LogP contribution in [0.25, 0.3) is 10.9 Å². The van der Waals surface area contributed by atoms with E-state index in [0.29, 0.717) is 5.69 Å². The van der Waals surface area contributed by atoms with Gasteiger partial charge in [-0.25, -0.2) is 0 Å². The van der Waals surface area contributed by atoms with Gasteiger partial charge in [0.25, 0.3) is 0 Å². The van der Waals surface area contributed by atoms with Crippen molar-refractivity contribution in [3.05, 3.63) is 27.9 Å². The van der Waals surface area contributed by atoms with Crippen LogP contribution in [0.2, 0.25) is 0 Å². The molecule has 1 N–H and O–H groups in total. The van der Waals surface area contributed by atoms with Crippen LogP contribution in [0, 0.1) is 6.92 Å². The summed E-state index contributed by atoms with van der Waals surface area (Å²) in [5.41, 5.74) is 2.44. The Morgan fingerprint density at radius 2 is 2.31 bits per heavy atom. The molecule has 1 heterocycles. The summed E-state index contributed by atoms with van der Waals surface area (Å²) in [7, 11) is 0. The zero-order chi connectivity index (χ0) is 9.42. The molecule has 0 aliphatic carbocycles. The van der Waals surface area contributed by atoms with Crippen LogP contribution in [0.1, 0.15) is 16.1 Å². The van der Waals surface area contributed by atoms with Crippen LogP contribution in [0.4, 0.5) is 0 Å². The molecule has 2 rings (SSSR count). The van der Waals surface area contributed by atoms with Crippen molar-refractivity contribution in [3.63, 3.8) is 0 Å². The number of aldehydes is 1. The highest BCUT2D eigenvalue weighted by Crippen LogP contribution is 2.26. The van der Waals surface area contributed by atoms with E-state index in [2.05, 4.69) is 26.1 Å². The molecular formula is C9H7BrN2O. The van der Waals surface area contributed by atoms with Crippen molar-refractivity contribution in [2.75, 3.05) is 0 Å². The summed E-state index contributed by atoms with van der Waals surface area (Å²) < 4.78 is 0.939. The Morgan fingerprint density at radius 3 is 3.00 bits per heavy atom. The Balaban J connectivity index is 2.88. The van der Waals surface area contributed by atoms with Gasteiger partial charge >= 0.3 is 0 Å². The normalized spacial score (nSPS) is 10.6. The summed E-state index contributed by atoms with van der Waals surface area (Å²) in [4.78, 5) is 10.6. The number of nitrogens with zero attached hydrogens (tertiary/aromatic N) is 1. The summed E-state index contributed by atoms with van der Waals surface area (Å²) in [6.07, 6.45) is 0.775. The predicted molar refractivity (Wildman–Crippen MR) is 53.9 cm³/mol. The standard InChI is InChI=1S/C9H7BrN2O/c1-5-2-3-6-7(4-13)11-12-9(6)8(5)10/h2-4H,1H3,(H,11,12). The molecule has 0 aliphatic heterocycles. The number of nitrogens with one attached hydrogen (secondary N) is 1. The minimum absolute atomic E-state index is 0.524. The molecule has 0 radical (unpaired) electrons. The van der Waals surface area contributed by atoms with Crippen LogP contribution in [0.15, 0.2) is 16.6 Å². The quantitative estimate of drug-likeness (QED) is 0.777. The van der Waals surface area contributed by atoms with E-state index in [1.807, 2.05) is 19.1 Å². The van der Waals surface area contributed by atoms with E-state index in [9.17, 15) is 4.79 Å². The molecule has 13 heavy (non-hydrogen) atoms. The molecule has 2 aromatic rings. The van der Waals surface area contributed by atoms with Crippen molar-refractivity contribution in [2.24, 2.45) is 0 Å². The fourth-order valence-corrected chi connectivity index (χ4v) is 1.69. The minimum Gasteiger partial charge on any atom is -0.296 e. The molecule has 4 heteroatoms. The van der Waals surface area contributed by atoms with Gasteiger partial charge in [0, 0.05) is 9.86 Å². The third-order valence-corrected chi connectivity index (χ3v) is 3.01. The summed E-state index contributed by atoms with van der Waals surface area (Å²) >= 11 is 3.42. The van der Waals surface area contributed by atoms with Crippen molar-refractivity contribution in [3.8, 4) is 0 Å².